The number of aromatic nitrogens is 5. The lowest BCUT2D eigenvalue weighted by Gasteiger charge is -2.36. The predicted octanol–water partition coefficient (Wildman–Crippen LogP) is 1.90. The average molecular weight is 376 g/mol. The number of hydrogen-bond donors (Lipinski definition) is 1. The number of nitrogens with two attached hydrogens (primary N) is 1. The monoisotopic (exact) mass is 376 g/mol. The third-order valence-corrected chi connectivity index (χ3v) is 5.58. The molecule has 8 nitrogen and oxygen atoms in total. The van der Waals surface area contributed by atoms with Crippen LogP contribution in [-0.2, 0) is 0 Å². The lowest BCUT2D eigenvalue weighted by atomic mass is 10.2. The summed E-state index contributed by atoms with van der Waals surface area (Å²) < 4.78 is 1.72. The van der Waals surface area contributed by atoms with Gasteiger partial charge < -0.3 is 10.6 Å². The van der Waals surface area contributed by atoms with E-state index in [1.165, 1.54) is 12.8 Å². The van der Waals surface area contributed by atoms with Crippen molar-refractivity contribution in [2.24, 2.45) is 0 Å². The predicted molar refractivity (Wildman–Crippen MR) is 108 cm³/mol. The molecule has 1 saturated heterocycles. The van der Waals surface area contributed by atoms with Crippen LogP contribution in [0.4, 0.5) is 11.4 Å². The van der Waals surface area contributed by atoms with Crippen LogP contribution in [0.5, 0.6) is 0 Å². The summed E-state index contributed by atoms with van der Waals surface area (Å²) in [5, 5.41) is 8.61. The molecule has 0 spiro atoms. The van der Waals surface area contributed by atoms with Crippen LogP contribution in [0.15, 0.2) is 36.9 Å². The fourth-order valence-electron chi connectivity index (χ4n) is 3.81. The van der Waals surface area contributed by atoms with Gasteiger partial charge in [0.15, 0.2) is 0 Å². The molecule has 2 aliphatic rings. The van der Waals surface area contributed by atoms with Crippen LogP contribution in [0.1, 0.15) is 18.5 Å². The maximum atomic E-state index is 5.87. The molecular weight excluding hydrogens is 352 g/mol. The van der Waals surface area contributed by atoms with E-state index in [0.717, 1.165) is 60.5 Å². The second kappa shape index (κ2) is 6.87. The number of aryl methyl sites for hydroxylation is 1. The van der Waals surface area contributed by atoms with Gasteiger partial charge >= 0.3 is 0 Å². The van der Waals surface area contributed by atoms with Crippen molar-refractivity contribution in [1.29, 1.82) is 0 Å². The molecular formula is C20H24N8. The van der Waals surface area contributed by atoms with Crippen LogP contribution < -0.4 is 10.6 Å². The molecule has 4 heterocycles. The Kier molecular flexibility index (Phi) is 4.20. The van der Waals surface area contributed by atoms with E-state index in [1.54, 1.807) is 10.9 Å². The first-order valence-corrected chi connectivity index (χ1v) is 9.76. The number of piperazine rings is 1. The van der Waals surface area contributed by atoms with Gasteiger partial charge in [0.05, 0.1) is 41.3 Å². The van der Waals surface area contributed by atoms with Crippen LogP contribution in [0.2, 0.25) is 0 Å². The highest BCUT2D eigenvalue weighted by Gasteiger charge is 2.31. The second-order valence-corrected chi connectivity index (χ2v) is 7.61. The van der Waals surface area contributed by atoms with Gasteiger partial charge in [-0.25, -0.2) is 4.68 Å². The highest BCUT2D eigenvalue weighted by atomic mass is 15.4. The zero-order chi connectivity index (χ0) is 19.1. The minimum absolute atomic E-state index is 0.603. The van der Waals surface area contributed by atoms with Gasteiger partial charge in [-0.3, -0.25) is 14.9 Å². The van der Waals surface area contributed by atoms with E-state index in [1.807, 2.05) is 31.6 Å². The summed E-state index contributed by atoms with van der Waals surface area (Å²) >= 11 is 0. The van der Waals surface area contributed by atoms with Crippen molar-refractivity contribution in [2.45, 2.75) is 25.8 Å². The molecule has 0 bridgehead atoms. The average Bonchev–Trinajstić information content (AvgIpc) is 3.47. The minimum Gasteiger partial charge on any atom is -0.397 e. The van der Waals surface area contributed by atoms with Gasteiger partial charge in [-0.2, -0.15) is 0 Å². The zero-order valence-electron chi connectivity index (χ0n) is 16.0. The molecule has 0 amide bonds. The van der Waals surface area contributed by atoms with E-state index in [2.05, 4.69) is 36.1 Å². The van der Waals surface area contributed by atoms with Crippen molar-refractivity contribution in [1.82, 2.24) is 29.9 Å². The number of nitrogen functional groups attached to an aromatic ring is 1. The molecule has 0 radical (unpaired) electrons. The van der Waals surface area contributed by atoms with Gasteiger partial charge in [0.2, 0.25) is 0 Å². The largest absolute Gasteiger partial charge is 0.397 e. The summed E-state index contributed by atoms with van der Waals surface area (Å²) in [5.41, 5.74) is 11.1. The van der Waals surface area contributed by atoms with Crippen molar-refractivity contribution in [3.63, 3.8) is 0 Å². The molecule has 1 aliphatic heterocycles. The Morgan fingerprint density at radius 2 is 1.86 bits per heavy atom. The van der Waals surface area contributed by atoms with Crippen molar-refractivity contribution < 1.29 is 0 Å². The maximum absolute atomic E-state index is 5.87. The Hall–Kier alpha value is -3.00. The van der Waals surface area contributed by atoms with E-state index in [-0.39, 0.29) is 0 Å². The molecule has 2 fully saturated rings. The number of rotatable bonds is 4. The standard InChI is InChI=1S/C20H24N8/c1-14-20(9-16(21)11-23-14)28-13-19(24-25-28)15-8-18(12-22-10-15)27-6-4-26(5-7-27)17-2-3-17/h8-13,17H,2-7,21H2,1H3. The molecule has 28 heavy (non-hydrogen) atoms. The third kappa shape index (κ3) is 3.31. The van der Waals surface area contributed by atoms with E-state index >= 15 is 0 Å². The first kappa shape index (κ1) is 17.1. The molecule has 5 rings (SSSR count). The van der Waals surface area contributed by atoms with Crippen LogP contribution in [0.25, 0.3) is 16.9 Å². The fourth-order valence-corrected chi connectivity index (χ4v) is 3.81. The number of hydrogen-bond acceptors (Lipinski definition) is 7. The number of anilines is 2. The van der Waals surface area contributed by atoms with E-state index < -0.39 is 0 Å². The van der Waals surface area contributed by atoms with Crippen molar-refractivity contribution in [3.05, 3.63) is 42.6 Å². The quantitative estimate of drug-likeness (QED) is 0.744. The van der Waals surface area contributed by atoms with E-state index in [9.17, 15) is 0 Å². The van der Waals surface area contributed by atoms with Gasteiger partial charge in [0.1, 0.15) is 5.69 Å². The lowest BCUT2D eigenvalue weighted by Crippen LogP contribution is -2.47. The smallest absolute Gasteiger partial charge is 0.115 e. The van der Waals surface area contributed by atoms with Crippen LogP contribution in [-0.4, -0.2) is 62.1 Å². The first-order valence-electron chi connectivity index (χ1n) is 9.76. The summed E-state index contributed by atoms with van der Waals surface area (Å²) in [6.45, 7) is 6.28. The van der Waals surface area contributed by atoms with Crippen LogP contribution in [0, 0.1) is 6.92 Å². The Labute approximate surface area is 164 Å². The summed E-state index contributed by atoms with van der Waals surface area (Å²) in [7, 11) is 0. The van der Waals surface area contributed by atoms with Gasteiger partial charge in [0, 0.05) is 44.0 Å². The van der Waals surface area contributed by atoms with Crippen LogP contribution in [0.3, 0.4) is 0 Å². The topological polar surface area (TPSA) is 89.0 Å². The van der Waals surface area contributed by atoms with Gasteiger partial charge in [-0.1, -0.05) is 5.21 Å². The summed E-state index contributed by atoms with van der Waals surface area (Å²) in [4.78, 5) is 13.8. The highest BCUT2D eigenvalue weighted by Crippen LogP contribution is 2.29. The molecule has 2 N–H and O–H groups in total. The summed E-state index contributed by atoms with van der Waals surface area (Å²) in [6.07, 6.45) is 10.1. The minimum atomic E-state index is 0.603. The van der Waals surface area contributed by atoms with Crippen molar-refractivity contribution in [3.8, 4) is 16.9 Å². The molecule has 0 atom stereocenters. The number of nitrogens with zero attached hydrogens (tertiary/aromatic N) is 7. The van der Waals surface area contributed by atoms with Crippen LogP contribution >= 0.6 is 0 Å². The molecule has 3 aromatic heterocycles. The normalized spacial score (nSPS) is 17.8. The SMILES string of the molecule is Cc1ncc(N)cc1-n1cc(-c2cncc(N3CCN(C4CC4)CC3)c2)nn1. The molecule has 8 heteroatoms. The first-order chi connectivity index (χ1) is 13.7. The third-order valence-electron chi connectivity index (χ3n) is 5.58. The Balaban J connectivity index is 1.37. The van der Waals surface area contributed by atoms with Gasteiger partial charge in [0.25, 0.3) is 0 Å². The molecule has 144 valence electrons. The number of pyridine rings is 2. The van der Waals surface area contributed by atoms with E-state index in [4.69, 9.17) is 5.73 Å². The molecule has 1 saturated carbocycles. The fraction of sp³-hybridized carbons (Fsp3) is 0.400. The summed E-state index contributed by atoms with van der Waals surface area (Å²) in [6, 6.07) is 4.85. The van der Waals surface area contributed by atoms with Crippen molar-refractivity contribution >= 4 is 11.4 Å². The Morgan fingerprint density at radius 3 is 2.64 bits per heavy atom. The van der Waals surface area contributed by atoms with Crippen molar-refractivity contribution in [2.75, 3.05) is 36.8 Å². The van der Waals surface area contributed by atoms with Gasteiger partial charge in [-0.05, 0) is 31.9 Å². The summed E-state index contributed by atoms with van der Waals surface area (Å²) in [5.74, 6) is 0. The lowest BCUT2D eigenvalue weighted by molar-refractivity contribution is 0.248. The maximum Gasteiger partial charge on any atom is 0.115 e. The second-order valence-electron chi connectivity index (χ2n) is 7.61. The van der Waals surface area contributed by atoms with E-state index in [0.29, 0.717) is 5.69 Å². The molecule has 0 aromatic carbocycles. The zero-order valence-corrected chi connectivity index (χ0v) is 16.0. The Morgan fingerprint density at radius 1 is 1.04 bits per heavy atom. The molecule has 1 aliphatic carbocycles. The molecule has 3 aromatic rings. The highest BCUT2D eigenvalue weighted by molar-refractivity contribution is 5.64. The molecule has 0 unspecified atom stereocenters. The Bertz CT molecular complexity index is 985. The van der Waals surface area contributed by atoms with Gasteiger partial charge in [-0.15, -0.1) is 5.10 Å².